The van der Waals surface area contributed by atoms with Gasteiger partial charge in [0.15, 0.2) is 0 Å². The highest BCUT2D eigenvalue weighted by Gasteiger charge is 2.25. The van der Waals surface area contributed by atoms with Crippen molar-refractivity contribution in [2.24, 2.45) is 11.7 Å². The average Bonchev–Trinajstić information content (AvgIpc) is 2.34. The third kappa shape index (κ3) is 12.3. The molecule has 0 rings (SSSR count). The normalized spacial score (nSPS) is 13.2. The maximum atomic E-state index is 11.9. The molecule has 0 radical (unpaired) electrons. The highest BCUT2D eigenvalue weighted by molar-refractivity contribution is 5.75. The van der Waals surface area contributed by atoms with Crippen LogP contribution in [0.1, 0.15) is 58.3 Å². The number of hydrogen-bond donors (Lipinski definition) is 2. The Bertz CT molecular complexity index is 251. The molecule has 20 heavy (non-hydrogen) atoms. The molecular formula is C14H27F3N2O. The molecule has 0 bridgehead atoms. The van der Waals surface area contributed by atoms with Crippen LogP contribution in [0.4, 0.5) is 13.2 Å². The summed E-state index contributed by atoms with van der Waals surface area (Å²) in [6.45, 7) is 3.05. The van der Waals surface area contributed by atoms with Crippen molar-refractivity contribution in [2.45, 2.75) is 64.5 Å². The van der Waals surface area contributed by atoms with Crippen molar-refractivity contribution < 1.29 is 18.0 Å². The van der Waals surface area contributed by atoms with E-state index in [2.05, 4.69) is 12.2 Å². The fourth-order valence-electron chi connectivity index (χ4n) is 2.18. The standard InChI is InChI=1S/C14H27F3N2O/c1-2-5-12(8-10-18)6-7-13(20)19-11-4-3-9-14(15,16)17/h12H,2-11,18H2,1H3,(H,19,20). The predicted octanol–water partition coefficient (Wildman–Crippen LogP) is 3.38. The second kappa shape index (κ2) is 10.9. The quantitative estimate of drug-likeness (QED) is 0.574. The molecular weight excluding hydrogens is 269 g/mol. The fourth-order valence-corrected chi connectivity index (χ4v) is 2.18. The van der Waals surface area contributed by atoms with E-state index in [1.54, 1.807) is 0 Å². The Morgan fingerprint density at radius 3 is 2.45 bits per heavy atom. The van der Waals surface area contributed by atoms with Crippen LogP contribution in [0.25, 0.3) is 0 Å². The molecule has 0 aromatic carbocycles. The maximum absolute atomic E-state index is 11.9. The smallest absolute Gasteiger partial charge is 0.356 e. The minimum absolute atomic E-state index is 0.0649. The van der Waals surface area contributed by atoms with Crippen LogP contribution in [0.3, 0.4) is 0 Å². The molecule has 0 saturated carbocycles. The van der Waals surface area contributed by atoms with Gasteiger partial charge in [-0.15, -0.1) is 0 Å². The van der Waals surface area contributed by atoms with Gasteiger partial charge in [0.2, 0.25) is 5.91 Å². The van der Waals surface area contributed by atoms with Crippen molar-refractivity contribution in [2.75, 3.05) is 13.1 Å². The summed E-state index contributed by atoms with van der Waals surface area (Å²) < 4.78 is 35.7. The van der Waals surface area contributed by atoms with E-state index in [1.807, 2.05) is 0 Å². The number of alkyl halides is 3. The Morgan fingerprint density at radius 2 is 1.90 bits per heavy atom. The van der Waals surface area contributed by atoms with Crippen LogP contribution in [-0.2, 0) is 4.79 Å². The zero-order valence-electron chi connectivity index (χ0n) is 12.3. The van der Waals surface area contributed by atoms with Crippen LogP contribution in [0.15, 0.2) is 0 Å². The SMILES string of the molecule is CCCC(CCN)CCC(=O)NCCCCC(F)(F)F. The molecule has 0 saturated heterocycles. The summed E-state index contributed by atoms with van der Waals surface area (Å²) in [5.74, 6) is 0.399. The molecule has 6 heteroatoms. The minimum atomic E-state index is -4.10. The summed E-state index contributed by atoms with van der Waals surface area (Å²) in [5, 5.41) is 2.67. The number of rotatable bonds is 11. The third-order valence-electron chi connectivity index (χ3n) is 3.26. The van der Waals surface area contributed by atoms with Gasteiger partial charge in [0.1, 0.15) is 0 Å². The van der Waals surface area contributed by atoms with Crippen molar-refractivity contribution in [1.82, 2.24) is 5.32 Å². The first-order valence-electron chi connectivity index (χ1n) is 7.42. The van der Waals surface area contributed by atoms with Crippen LogP contribution in [-0.4, -0.2) is 25.2 Å². The van der Waals surface area contributed by atoms with E-state index >= 15 is 0 Å². The second-order valence-corrected chi connectivity index (χ2v) is 5.19. The summed E-state index contributed by atoms with van der Waals surface area (Å²) in [4.78, 5) is 11.6. The zero-order valence-corrected chi connectivity index (χ0v) is 12.3. The molecule has 1 unspecified atom stereocenters. The lowest BCUT2D eigenvalue weighted by Gasteiger charge is -2.14. The Morgan fingerprint density at radius 1 is 1.20 bits per heavy atom. The van der Waals surface area contributed by atoms with Gasteiger partial charge >= 0.3 is 6.18 Å². The van der Waals surface area contributed by atoms with Crippen molar-refractivity contribution in [3.8, 4) is 0 Å². The molecule has 0 heterocycles. The number of amides is 1. The van der Waals surface area contributed by atoms with Gasteiger partial charge in [0.25, 0.3) is 0 Å². The van der Waals surface area contributed by atoms with E-state index < -0.39 is 12.6 Å². The monoisotopic (exact) mass is 296 g/mol. The van der Waals surface area contributed by atoms with Crippen LogP contribution in [0.2, 0.25) is 0 Å². The van der Waals surface area contributed by atoms with Gasteiger partial charge in [0.05, 0.1) is 0 Å². The molecule has 3 nitrogen and oxygen atoms in total. The molecule has 0 aliphatic heterocycles. The van der Waals surface area contributed by atoms with Crippen LogP contribution >= 0.6 is 0 Å². The number of halogens is 3. The number of hydrogen-bond acceptors (Lipinski definition) is 2. The summed E-state index contributed by atoms with van der Waals surface area (Å²) in [6, 6.07) is 0. The number of carbonyl (C=O) groups is 1. The molecule has 0 spiro atoms. The van der Waals surface area contributed by atoms with Crippen molar-refractivity contribution in [3.05, 3.63) is 0 Å². The van der Waals surface area contributed by atoms with Crippen molar-refractivity contribution in [3.63, 3.8) is 0 Å². The first-order chi connectivity index (χ1) is 9.39. The molecule has 3 N–H and O–H groups in total. The molecule has 1 amide bonds. The predicted molar refractivity (Wildman–Crippen MR) is 74.2 cm³/mol. The highest BCUT2D eigenvalue weighted by Crippen LogP contribution is 2.21. The average molecular weight is 296 g/mol. The Kier molecular flexibility index (Phi) is 10.5. The molecule has 0 aromatic heterocycles. The number of nitrogens with one attached hydrogen (secondary N) is 1. The van der Waals surface area contributed by atoms with Gasteiger partial charge in [-0.25, -0.2) is 0 Å². The van der Waals surface area contributed by atoms with Gasteiger partial charge in [0, 0.05) is 19.4 Å². The second-order valence-electron chi connectivity index (χ2n) is 5.19. The van der Waals surface area contributed by atoms with Crippen molar-refractivity contribution >= 4 is 5.91 Å². The molecule has 0 aliphatic carbocycles. The van der Waals surface area contributed by atoms with Gasteiger partial charge in [-0.3, -0.25) is 4.79 Å². The Hall–Kier alpha value is -0.780. The van der Waals surface area contributed by atoms with Crippen LogP contribution in [0.5, 0.6) is 0 Å². The summed E-state index contributed by atoms with van der Waals surface area (Å²) in [5.41, 5.74) is 5.52. The summed E-state index contributed by atoms with van der Waals surface area (Å²) in [7, 11) is 0. The zero-order chi connectivity index (χ0) is 15.4. The lowest BCUT2D eigenvalue weighted by atomic mass is 9.94. The molecule has 1 atom stereocenters. The van der Waals surface area contributed by atoms with Gasteiger partial charge < -0.3 is 11.1 Å². The molecule has 0 aromatic rings. The number of carbonyl (C=O) groups excluding carboxylic acids is 1. The Balaban J connectivity index is 3.62. The van der Waals surface area contributed by atoms with Gasteiger partial charge in [-0.2, -0.15) is 13.2 Å². The molecule has 120 valence electrons. The number of unbranched alkanes of at least 4 members (excludes halogenated alkanes) is 1. The minimum Gasteiger partial charge on any atom is -0.356 e. The van der Waals surface area contributed by atoms with E-state index in [9.17, 15) is 18.0 Å². The third-order valence-corrected chi connectivity index (χ3v) is 3.26. The summed E-state index contributed by atoms with van der Waals surface area (Å²) >= 11 is 0. The fraction of sp³-hybridized carbons (Fsp3) is 0.929. The lowest BCUT2D eigenvalue weighted by molar-refractivity contribution is -0.135. The highest BCUT2D eigenvalue weighted by atomic mass is 19.4. The topological polar surface area (TPSA) is 55.1 Å². The van der Waals surface area contributed by atoms with E-state index in [0.717, 1.165) is 25.7 Å². The lowest BCUT2D eigenvalue weighted by Crippen LogP contribution is -2.25. The van der Waals surface area contributed by atoms with Crippen molar-refractivity contribution in [1.29, 1.82) is 0 Å². The Labute approximate surface area is 119 Å². The van der Waals surface area contributed by atoms with Crippen LogP contribution in [0, 0.1) is 5.92 Å². The molecule has 0 aliphatic rings. The number of nitrogens with two attached hydrogens (primary N) is 1. The van der Waals surface area contributed by atoms with E-state index in [-0.39, 0.29) is 12.3 Å². The van der Waals surface area contributed by atoms with Crippen LogP contribution < -0.4 is 11.1 Å². The largest absolute Gasteiger partial charge is 0.389 e. The molecule has 0 fully saturated rings. The first kappa shape index (κ1) is 19.2. The van der Waals surface area contributed by atoms with E-state index in [1.165, 1.54) is 0 Å². The van der Waals surface area contributed by atoms with Gasteiger partial charge in [-0.1, -0.05) is 19.8 Å². The van der Waals surface area contributed by atoms with E-state index in [0.29, 0.717) is 31.8 Å². The summed E-state index contributed by atoms with van der Waals surface area (Å²) in [6.07, 6.45) is -0.144. The van der Waals surface area contributed by atoms with E-state index in [4.69, 9.17) is 5.73 Å². The maximum Gasteiger partial charge on any atom is 0.389 e. The first-order valence-corrected chi connectivity index (χ1v) is 7.42. The van der Waals surface area contributed by atoms with Gasteiger partial charge in [-0.05, 0) is 38.1 Å².